The molecule has 0 aliphatic carbocycles. The number of rotatable bonds is 3. The molecular formula is C11H20N4OS. The maximum Gasteiger partial charge on any atom is 0.195 e. The van der Waals surface area contributed by atoms with Gasteiger partial charge in [-0.15, -0.1) is 0 Å². The van der Waals surface area contributed by atoms with E-state index in [2.05, 4.69) is 29.1 Å². The fourth-order valence-corrected chi connectivity index (χ4v) is 2.55. The molecule has 0 aromatic carbocycles. The van der Waals surface area contributed by atoms with E-state index >= 15 is 0 Å². The minimum Gasteiger partial charge on any atom is -0.388 e. The minimum atomic E-state index is -0.0663. The number of piperidine rings is 1. The molecule has 1 aliphatic rings. The highest BCUT2D eigenvalue weighted by atomic mass is 32.1. The summed E-state index contributed by atoms with van der Waals surface area (Å²) < 4.78 is 2.54. The Balaban J connectivity index is 2.14. The van der Waals surface area contributed by atoms with E-state index in [0.29, 0.717) is 10.6 Å². The predicted octanol–water partition coefficient (Wildman–Crippen LogP) is 1.16. The van der Waals surface area contributed by atoms with Crippen LogP contribution in [0.5, 0.6) is 0 Å². The van der Waals surface area contributed by atoms with E-state index in [1.54, 1.807) is 0 Å². The lowest BCUT2D eigenvalue weighted by atomic mass is 9.80. The SMILES string of the molecule is CN1CCC(C)(Cn2c(CO)n[nH]c2=S)CC1. The van der Waals surface area contributed by atoms with Crippen LogP contribution in [0.1, 0.15) is 25.6 Å². The number of aliphatic hydroxyl groups is 1. The van der Waals surface area contributed by atoms with Gasteiger partial charge in [0.1, 0.15) is 6.61 Å². The number of aliphatic hydroxyl groups excluding tert-OH is 1. The summed E-state index contributed by atoms with van der Waals surface area (Å²) in [6.07, 6.45) is 2.31. The molecule has 2 heterocycles. The van der Waals surface area contributed by atoms with E-state index in [1.807, 2.05) is 4.57 Å². The van der Waals surface area contributed by atoms with Gasteiger partial charge in [0.15, 0.2) is 10.6 Å². The largest absolute Gasteiger partial charge is 0.388 e. The second kappa shape index (κ2) is 4.88. The lowest BCUT2D eigenvalue weighted by Gasteiger charge is -2.38. The van der Waals surface area contributed by atoms with Crippen molar-refractivity contribution >= 4 is 12.2 Å². The van der Waals surface area contributed by atoms with Crippen LogP contribution in [-0.2, 0) is 13.2 Å². The van der Waals surface area contributed by atoms with Crippen molar-refractivity contribution in [2.24, 2.45) is 5.41 Å². The molecule has 0 bridgehead atoms. The zero-order chi connectivity index (χ0) is 12.5. The van der Waals surface area contributed by atoms with Gasteiger partial charge in [0.2, 0.25) is 0 Å². The summed E-state index contributed by atoms with van der Waals surface area (Å²) in [6.45, 7) is 5.30. The first kappa shape index (κ1) is 12.7. The van der Waals surface area contributed by atoms with Crippen LogP contribution >= 0.6 is 12.2 Å². The highest BCUT2D eigenvalue weighted by Crippen LogP contribution is 2.32. The van der Waals surface area contributed by atoms with E-state index < -0.39 is 0 Å². The number of H-pyrrole nitrogens is 1. The summed E-state index contributed by atoms with van der Waals surface area (Å²) in [6, 6.07) is 0. The Labute approximate surface area is 106 Å². The average Bonchev–Trinajstić information content (AvgIpc) is 2.65. The summed E-state index contributed by atoms with van der Waals surface area (Å²) >= 11 is 5.20. The van der Waals surface area contributed by atoms with Crippen LogP contribution in [0.3, 0.4) is 0 Å². The molecule has 5 nitrogen and oxygen atoms in total. The molecule has 96 valence electrons. The lowest BCUT2D eigenvalue weighted by Crippen LogP contribution is -2.38. The van der Waals surface area contributed by atoms with Crippen LogP contribution in [0.15, 0.2) is 0 Å². The zero-order valence-electron chi connectivity index (χ0n) is 10.4. The van der Waals surface area contributed by atoms with Gasteiger partial charge in [-0.05, 0) is 50.6 Å². The Morgan fingerprint density at radius 2 is 2.12 bits per heavy atom. The first-order chi connectivity index (χ1) is 8.04. The van der Waals surface area contributed by atoms with Crippen LogP contribution in [0.25, 0.3) is 0 Å². The van der Waals surface area contributed by atoms with Crippen molar-refractivity contribution in [1.82, 2.24) is 19.7 Å². The first-order valence-corrected chi connectivity index (χ1v) is 6.38. The van der Waals surface area contributed by atoms with Crippen LogP contribution in [0.2, 0.25) is 0 Å². The molecule has 2 N–H and O–H groups in total. The molecule has 0 radical (unpaired) electrons. The Morgan fingerprint density at radius 1 is 1.47 bits per heavy atom. The van der Waals surface area contributed by atoms with Crippen LogP contribution in [0, 0.1) is 10.2 Å². The van der Waals surface area contributed by atoms with Gasteiger partial charge < -0.3 is 14.6 Å². The van der Waals surface area contributed by atoms with Gasteiger partial charge in [0.05, 0.1) is 0 Å². The van der Waals surface area contributed by atoms with Gasteiger partial charge in [-0.3, -0.25) is 5.10 Å². The molecular weight excluding hydrogens is 236 g/mol. The third-order valence-corrected chi connectivity index (χ3v) is 4.02. The summed E-state index contributed by atoms with van der Waals surface area (Å²) in [5.41, 5.74) is 0.249. The maximum absolute atomic E-state index is 9.23. The fraction of sp³-hybridized carbons (Fsp3) is 0.818. The lowest BCUT2D eigenvalue weighted by molar-refractivity contribution is 0.117. The smallest absolute Gasteiger partial charge is 0.195 e. The topological polar surface area (TPSA) is 57.1 Å². The molecule has 1 fully saturated rings. The van der Waals surface area contributed by atoms with E-state index in [0.717, 1.165) is 32.5 Å². The molecule has 1 aromatic heterocycles. The third-order valence-electron chi connectivity index (χ3n) is 3.71. The second-order valence-electron chi connectivity index (χ2n) is 5.30. The molecule has 1 aromatic rings. The molecule has 1 aliphatic heterocycles. The van der Waals surface area contributed by atoms with Gasteiger partial charge in [0.25, 0.3) is 0 Å². The molecule has 2 rings (SSSR count). The van der Waals surface area contributed by atoms with Crippen molar-refractivity contribution in [2.45, 2.75) is 32.9 Å². The second-order valence-corrected chi connectivity index (χ2v) is 5.69. The predicted molar refractivity (Wildman–Crippen MR) is 68.2 cm³/mol. The number of aromatic amines is 1. The summed E-state index contributed by atoms with van der Waals surface area (Å²) in [4.78, 5) is 2.35. The van der Waals surface area contributed by atoms with Crippen molar-refractivity contribution in [1.29, 1.82) is 0 Å². The van der Waals surface area contributed by atoms with E-state index in [-0.39, 0.29) is 12.0 Å². The molecule has 1 saturated heterocycles. The number of hydrogen-bond donors (Lipinski definition) is 2. The van der Waals surface area contributed by atoms with Gasteiger partial charge >= 0.3 is 0 Å². The number of aromatic nitrogens is 3. The van der Waals surface area contributed by atoms with Gasteiger partial charge in [-0.25, -0.2) is 0 Å². The zero-order valence-corrected chi connectivity index (χ0v) is 11.3. The Morgan fingerprint density at radius 3 is 2.71 bits per heavy atom. The Kier molecular flexibility index (Phi) is 3.65. The molecule has 0 saturated carbocycles. The van der Waals surface area contributed by atoms with Gasteiger partial charge in [0, 0.05) is 6.54 Å². The normalized spacial score (nSPS) is 20.6. The van der Waals surface area contributed by atoms with Crippen LogP contribution in [-0.4, -0.2) is 44.9 Å². The summed E-state index contributed by atoms with van der Waals surface area (Å²) in [5, 5.41) is 16.0. The van der Waals surface area contributed by atoms with Crippen molar-refractivity contribution in [3.8, 4) is 0 Å². The highest BCUT2D eigenvalue weighted by molar-refractivity contribution is 7.71. The summed E-state index contributed by atoms with van der Waals surface area (Å²) in [5.74, 6) is 0.634. The molecule has 0 spiro atoms. The number of hydrogen-bond acceptors (Lipinski definition) is 4. The Hall–Kier alpha value is -0.720. The fourth-order valence-electron chi connectivity index (χ4n) is 2.33. The minimum absolute atomic E-state index is 0.0663. The molecule has 0 amide bonds. The summed E-state index contributed by atoms with van der Waals surface area (Å²) in [7, 11) is 2.15. The van der Waals surface area contributed by atoms with Crippen LogP contribution < -0.4 is 0 Å². The average molecular weight is 256 g/mol. The number of nitrogens with zero attached hydrogens (tertiary/aromatic N) is 3. The van der Waals surface area contributed by atoms with E-state index in [4.69, 9.17) is 12.2 Å². The maximum atomic E-state index is 9.23. The van der Waals surface area contributed by atoms with Crippen molar-refractivity contribution < 1.29 is 5.11 Å². The standard InChI is InChI=1S/C11H20N4OS/c1-11(3-5-14(2)6-4-11)8-15-9(7-16)12-13-10(15)17/h16H,3-8H2,1-2H3,(H,13,17). The van der Waals surface area contributed by atoms with Crippen molar-refractivity contribution in [3.63, 3.8) is 0 Å². The van der Waals surface area contributed by atoms with Crippen molar-refractivity contribution in [2.75, 3.05) is 20.1 Å². The van der Waals surface area contributed by atoms with E-state index in [1.165, 1.54) is 0 Å². The molecule has 0 unspecified atom stereocenters. The van der Waals surface area contributed by atoms with Crippen LogP contribution in [0.4, 0.5) is 0 Å². The first-order valence-electron chi connectivity index (χ1n) is 5.97. The van der Waals surface area contributed by atoms with E-state index in [9.17, 15) is 5.11 Å². The monoisotopic (exact) mass is 256 g/mol. The third kappa shape index (κ3) is 2.75. The molecule has 6 heteroatoms. The number of nitrogens with one attached hydrogen (secondary N) is 1. The van der Waals surface area contributed by atoms with Crippen molar-refractivity contribution in [3.05, 3.63) is 10.6 Å². The molecule has 17 heavy (non-hydrogen) atoms. The molecule has 0 atom stereocenters. The quantitative estimate of drug-likeness (QED) is 0.797. The van der Waals surface area contributed by atoms with Gasteiger partial charge in [-0.1, -0.05) is 6.92 Å². The van der Waals surface area contributed by atoms with Gasteiger partial charge in [-0.2, -0.15) is 5.10 Å². The number of likely N-dealkylation sites (tertiary alicyclic amines) is 1. The highest BCUT2D eigenvalue weighted by Gasteiger charge is 2.30. The Bertz CT molecular complexity index is 431.